The number of nitrogens with one attached hydrogen (secondary N) is 2. The number of ether oxygens (including phenoxy) is 3. The molecule has 0 amide bonds. The lowest BCUT2D eigenvalue weighted by Crippen LogP contribution is -2.37. The minimum atomic E-state index is -4.53. The number of rotatable bonds is 8. The van der Waals surface area contributed by atoms with Gasteiger partial charge in [0, 0.05) is 35.1 Å². The molecule has 242 valence electrons. The van der Waals surface area contributed by atoms with E-state index in [1.54, 1.807) is 0 Å². The van der Waals surface area contributed by atoms with Crippen molar-refractivity contribution in [1.82, 2.24) is 14.9 Å². The number of methoxy groups -OCH3 is 1. The largest absolute Gasteiger partial charge is 0.494 e. The molecule has 0 spiro atoms. The van der Waals surface area contributed by atoms with Gasteiger partial charge in [-0.15, -0.1) is 0 Å². The fourth-order valence-corrected chi connectivity index (χ4v) is 7.19. The highest BCUT2D eigenvalue weighted by atomic mass is 35.5. The maximum Gasteiger partial charge on any atom is 0.303 e. The number of anilines is 2. The summed E-state index contributed by atoms with van der Waals surface area (Å²) in [7, 11) is -1.04. The Kier molecular flexibility index (Phi) is 8.61. The molecule has 1 aromatic heterocycles. The summed E-state index contributed by atoms with van der Waals surface area (Å²) < 4.78 is 76.8. The third kappa shape index (κ3) is 6.24. The van der Waals surface area contributed by atoms with Crippen molar-refractivity contribution in [2.75, 3.05) is 43.9 Å². The van der Waals surface area contributed by atoms with Crippen LogP contribution in [0.3, 0.4) is 0 Å². The van der Waals surface area contributed by atoms with E-state index < -0.39 is 49.9 Å². The summed E-state index contributed by atoms with van der Waals surface area (Å²) in [6, 6.07) is 7.63. The van der Waals surface area contributed by atoms with Gasteiger partial charge in [0.15, 0.2) is 11.9 Å². The molecule has 1 atom stereocenters. The smallest absolute Gasteiger partial charge is 0.303 e. The van der Waals surface area contributed by atoms with Gasteiger partial charge in [-0.25, -0.2) is 27.2 Å². The molecule has 15 heteroatoms. The molecule has 0 saturated carbocycles. The Balaban J connectivity index is 1.33. The third-order valence-corrected chi connectivity index (χ3v) is 9.51. The highest BCUT2D eigenvalue weighted by Crippen LogP contribution is 2.43. The Morgan fingerprint density at radius 2 is 1.91 bits per heavy atom. The monoisotopic (exact) mass is 673 g/mol. The van der Waals surface area contributed by atoms with E-state index in [2.05, 4.69) is 32.0 Å². The molecular weight excluding hydrogens is 644 g/mol. The maximum absolute atomic E-state index is 16.0. The van der Waals surface area contributed by atoms with Gasteiger partial charge in [0.2, 0.25) is 5.95 Å². The van der Waals surface area contributed by atoms with E-state index in [-0.39, 0.29) is 40.3 Å². The van der Waals surface area contributed by atoms with Crippen molar-refractivity contribution in [3.63, 3.8) is 0 Å². The van der Waals surface area contributed by atoms with Crippen molar-refractivity contribution >= 4 is 50.1 Å². The molecule has 1 unspecified atom stereocenters. The van der Waals surface area contributed by atoms with Crippen LogP contribution in [0.15, 0.2) is 47.5 Å². The molecule has 46 heavy (non-hydrogen) atoms. The maximum atomic E-state index is 16.0. The molecule has 2 aliphatic rings. The molecule has 0 bridgehead atoms. The Bertz CT molecular complexity index is 1960. The number of hydrogen-bond acceptors (Lipinski definition) is 10. The van der Waals surface area contributed by atoms with E-state index in [1.807, 2.05) is 0 Å². The van der Waals surface area contributed by atoms with Crippen molar-refractivity contribution in [3.05, 3.63) is 64.8 Å². The minimum absolute atomic E-state index is 0.0252. The van der Waals surface area contributed by atoms with Gasteiger partial charge < -0.3 is 24.4 Å². The standard InChI is InChI=1S/C31H30ClF2N5O6S/c1-16(40)45-25-15-44-30-21(25)12-19(32)13-26(30)46(41,42)38-23-5-4-22(33)27(28(23)34)17-10-18-14-35-31(37-29(18)24(11-17)43-3)36-20-6-8-39(2)9-7-20/h4-5,10-14,20,25,38H,6-9,15H2,1-3H3,(H,35,36,37). The molecule has 4 aromatic rings. The highest BCUT2D eigenvalue weighted by molar-refractivity contribution is 7.92. The van der Waals surface area contributed by atoms with Gasteiger partial charge in [0.1, 0.15) is 34.3 Å². The number of halogens is 3. The van der Waals surface area contributed by atoms with Crippen LogP contribution < -0.4 is 19.5 Å². The molecule has 3 aromatic carbocycles. The number of nitrogens with zero attached hydrogens (tertiary/aromatic N) is 3. The van der Waals surface area contributed by atoms with Crippen LogP contribution in [-0.4, -0.2) is 69.2 Å². The first-order chi connectivity index (χ1) is 21.9. The topological polar surface area (TPSA) is 132 Å². The van der Waals surface area contributed by atoms with Crippen LogP contribution in [0.2, 0.25) is 5.02 Å². The summed E-state index contributed by atoms with van der Waals surface area (Å²) in [5.41, 5.74) is -0.241. The number of sulfonamides is 1. The van der Waals surface area contributed by atoms with Crippen LogP contribution in [0.1, 0.15) is 31.4 Å². The second-order valence-corrected chi connectivity index (χ2v) is 13.2. The summed E-state index contributed by atoms with van der Waals surface area (Å²) in [5.74, 6) is -2.11. The average Bonchev–Trinajstić information content (AvgIpc) is 3.40. The molecule has 1 saturated heterocycles. The first-order valence-electron chi connectivity index (χ1n) is 14.4. The van der Waals surface area contributed by atoms with Gasteiger partial charge in [-0.05, 0) is 74.9 Å². The number of benzene rings is 3. The second kappa shape index (κ2) is 12.5. The number of fused-ring (bicyclic) bond motifs is 2. The summed E-state index contributed by atoms with van der Waals surface area (Å²) in [6.07, 6.45) is 2.54. The van der Waals surface area contributed by atoms with E-state index in [0.717, 1.165) is 44.1 Å². The normalized spacial score (nSPS) is 17.0. The van der Waals surface area contributed by atoms with E-state index in [9.17, 15) is 13.2 Å². The lowest BCUT2D eigenvalue weighted by atomic mass is 10.0. The lowest BCUT2D eigenvalue weighted by Gasteiger charge is -2.29. The van der Waals surface area contributed by atoms with Crippen molar-refractivity contribution in [3.8, 4) is 22.6 Å². The number of hydrogen-bond donors (Lipinski definition) is 2. The predicted octanol–water partition coefficient (Wildman–Crippen LogP) is 5.54. The number of likely N-dealkylation sites (tertiary alicyclic amines) is 1. The fourth-order valence-electron chi connectivity index (χ4n) is 5.64. The molecule has 0 aliphatic carbocycles. The lowest BCUT2D eigenvalue weighted by molar-refractivity contribution is -0.147. The summed E-state index contributed by atoms with van der Waals surface area (Å²) >= 11 is 6.20. The Labute approximate surface area is 268 Å². The van der Waals surface area contributed by atoms with Gasteiger partial charge in [0.25, 0.3) is 10.0 Å². The number of piperidine rings is 1. The summed E-state index contributed by atoms with van der Waals surface area (Å²) in [4.78, 5) is 22.4. The van der Waals surface area contributed by atoms with Gasteiger partial charge in [-0.1, -0.05) is 11.6 Å². The Hall–Kier alpha value is -4.27. The van der Waals surface area contributed by atoms with Crippen LogP contribution in [-0.2, 0) is 19.6 Å². The second-order valence-electron chi connectivity index (χ2n) is 11.2. The van der Waals surface area contributed by atoms with Gasteiger partial charge in [0.05, 0.1) is 18.4 Å². The van der Waals surface area contributed by atoms with Crippen LogP contribution >= 0.6 is 11.6 Å². The molecule has 2 aliphatic heterocycles. The molecule has 0 radical (unpaired) electrons. The van der Waals surface area contributed by atoms with E-state index in [4.69, 9.17) is 25.8 Å². The first-order valence-corrected chi connectivity index (χ1v) is 16.2. The molecular formula is C31H30ClF2N5O6S. The Morgan fingerprint density at radius 3 is 2.63 bits per heavy atom. The molecule has 2 N–H and O–H groups in total. The summed E-state index contributed by atoms with van der Waals surface area (Å²) in [5, 5.41) is 3.84. The van der Waals surface area contributed by atoms with Crippen molar-refractivity contribution in [2.24, 2.45) is 0 Å². The zero-order valence-corrected chi connectivity index (χ0v) is 26.6. The van der Waals surface area contributed by atoms with Gasteiger partial charge in [-0.3, -0.25) is 9.52 Å². The van der Waals surface area contributed by atoms with Crippen LogP contribution in [0.5, 0.6) is 11.5 Å². The highest BCUT2D eigenvalue weighted by Gasteiger charge is 2.34. The van der Waals surface area contributed by atoms with Crippen LogP contribution in [0.25, 0.3) is 22.0 Å². The number of carbonyl (C=O) groups excluding carboxylic acids is 1. The molecule has 11 nitrogen and oxygen atoms in total. The first kappa shape index (κ1) is 31.7. The number of carbonyl (C=O) groups is 1. The van der Waals surface area contributed by atoms with E-state index in [1.165, 1.54) is 38.4 Å². The van der Waals surface area contributed by atoms with Crippen molar-refractivity contribution < 1.29 is 36.2 Å². The van der Waals surface area contributed by atoms with E-state index in [0.29, 0.717) is 16.9 Å². The molecule has 1 fully saturated rings. The average molecular weight is 674 g/mol. The Morgan fingerprint density at radius 1 is 1.15 bits per heavy atom. The third-order valence-electron chi connectivity index (χ3n) is 7.92. The fraction of sp³-hybridized carbons (Fsp3) is 0.323. The van der Waals surface area contributed by atoms with Crippen LogP contribution in [0.4, 0.5) is 20.4 Å². The van der Waals surface area contributed by atoms with E-state index >= 15 is 8.78 Å². The number of aromatic nitrogens is 2. The van der Waals surface area contributed by atoms with Crippen molar-refractivity contribution in [1.29, 1.82) is 0 Å². The zero-order chi connectivity index (χ0) is 32.7. The quantitative estimate of drug-likeness (QED) is 0.230. The zero-order valence-electron chi connectivity index (χ0n) is 25.1. The SMILES string of the molecule is COc1cc(-c2c(F)ccc(NS(=O)(=O)c3cc(Cl)cc4c3OCC4OC(C)=O)c2F)cc2cnc(NC3CCN(C)CC3)nc12. The van der Waals surface area contributed by atoms with Gasteiger partial charge >= 0.3 is 5.97 Å². The van der Waals surface area contributed by atoms with Gasteiger partial charge in [-0.2, -0.15) is 0 Å². The van der Waals surface area contributed by atoms with Crippen molar-refractivity contribution in [2.45, 2.75) is 36.8 Å². The number of esters is 1. The summed E-state index contributed by atoms with van der Waals surface area (Å²) in [6.45, 7) is 2.99. The minimum Gasteiger partial charge on any atom is -0.494 e. The van der Waals surface area contributed by atoms with Crippen LogP contribution in [0, 0.1) is 11.6 Å². The molecule has 6 rings (SSSR count). The molecule has 3 heterocycles. The predicted molar refractivity (Wildman–Crippen MR) is 168 cm³/mol.